The molecule has 7 N–H and O–H groups in total. The maximum Gasteiger partial charge on any atom is 0.352 e. The molecule has 3 aromatic rings. The van der Waals surface area contributed by atoms with Crippen LogP contribution in [-0.4, -0.2) is 96.3 Å². The number of aliphatic carboxylic acids is 1. The Hall–Kier alpha value is -5.95. The summed E-state index contributed by atoms with van der Waals surface area (Å²) in [5, 5.41) is 38.3. The Balaban J connectivity index is 1.07. The van der Waals surface area contributed by atoms with Crippen molar-refractivity contribution in [1.29, 1.82) is 0 Å². The number of carbonyl (C=O) groups excluding carboxylic acids is 4. The average Bonchev–Trinajstić information content (AvgIpc) is 3.69. The van der Waals surface area contributed by atoms with Gasteiger partial charge in [-0.25, -0.2) is 9.78 Å². The van der Waals surface area contributed by atoms with Crippen molar-refractivity contribution in [3.63, 3.8) is 0 Å². The van der Waals surface area contributed by atoms with Crippen molar-refractivity contribution >= 4 is 69.2 Å². The van der Waals surface area contributed by atoms with Gasteiger partial charge in [0.1, 0.15) is 22.8 Å². The fraction of sp³-hybridized carbons (Fsp3) is 0.250. The topological polar surface area (TPSA) is 241 Å². The number of benzene rings is 1. The van der Waals surface area contributed by atoms with Crippen molar-refractivity contribution in [3.8, 4) is 11.5 Å². The van der Waals surface area contributed by atoms with Gasteiger partial charge in [0.25, 0.3) is 17.7 Å². The number of amides is 4. The number of nitrogen functional groups attached to an aromatic ring is 1. The molecule has 1 aromatic carbocycles. The van der Waals surface area contributed by atoms with E-state index in [4.69, 9.17) is 10.5 Å². The minimum atomic E-state index is -1.35. The highest BCUT2D eigenvalue weighted by Gasteiger charge is 2.54. The zero-order chi connectivity index (χ0) is 36.4. The number of allylic oxidation sites excluding steroid dienone is 1. The lowest BCUT2D eigenvalue weighted by atomic mass is 10.0. The van der Waals surface area contributed by atoms with Crippen LogP contribution in [0.4, 0.5) is 10.8 Å². The second kappa shape index (κ2) is 14.5. The SMILES string of the molecule is COc1cc(NC(=O)C[n+]2ccc(CN3CCC(=CC4=C(C(=O)O)N5C(=O)[C@@H](NC(=O)/C(=N\O)c6csc(N)n6)[C@H]5SC4)C3=O)cc2)ccc1O. The van der Waals surface area contributed by atoms with Crippen LogP contribution in [0.5, 0.6) is 11.5 Å². The molecule has 2 aromatic heterocycles. The van der Waals surface area contributed by atoms with Gasteiger partial charge in [-0.05, 0) is 35.8 Å². The molecule has 2 fully saturated rings. The van der Waals surface area contributed by atoms with E-state index in [-0.39, 0.29) is 58.7 Å². The second-order valence-electron chi connectivity index (χ2n) is 11.5. The number of carbonyl (C=O) groups is 5. The van der Waals surface area contributed by atoms with Crippen LogP contribution < -0.4 is 25.7 Å². The summed E-state index contributed by atoms with van der Waals surface area (Å²) < 4.78 is 6.74. The molecule has 0 bridgehead atoms. The smallest absolute Gasteiger partial charge is 0.352 e. The number of thiazole rings is 1. The number of anilines is 2. The Morgan fingerprint density at radius 3 is 2.65 bits per heavy atom. The van der Waals surface area contributed by atoms with Gasteiger partial charge in [0.15, 0.2) is 34.7 Å². The molecular weight excluding hydrogens is 705 g/mol. The summed E-state index contributed by atoms with van der Waals surface area (Å²) >= 11 is 2.26. The summed E-state index contributed by atoms with van der Waals surface area (Å²) in [6.45, 7) is 0.710. The Kier molecular flexibility index (Phi) is 9.92. The number of methoxy groups -OCH3 is 1. The Labute approximate surface area is 297 Å². The van der Waals surface area contributed by atoms with E-state index in [1.54, 1.807) is 40.1 Å². The minimum Gasteiger partial charge on any atom is -0.504 e. The number of nitrogens with two attached hydrogens (primary N) is 1. The Morgan fingerprint density at radius 2 is 1.98 bits per heavy atom. The monoisotopic (exact) mass is 735 g/mol. The zero-order valence-electron chi connectivity index (χ0n) is 26.8. The molecule has 264 valence electrons. The Bertz CT molecular complexity index is 2030. The third kappa shape index (κ3) is 7.19. The number of carboxylic acid groups (broad SMARTS) is 1. The van der Waals surface area contributed by atoms with Gasteiger partial charge in [0, 0.05) is 53.7 Å². The molecule has 3 aliphatic heterocycles. The number of rotatable bonds is 11. The molecule has 0 aliphatic carbocycles. The summed E-state index contributed by atoms with van der Waals surface area (Å²) in [5.41, 5.74) is 6.90. The van der Waals surface area contributed by atoms with Gasteiger partial charge in [0.05, 0.1) is 7.11 Å². The molecule has 2 saturated heterocycles. The lowest BCUT2D eigenvalue weighted by molar-refractivity contribution is -0.684. The number of thioether (sulfide) groups is 1. The van der Waals surface area contributed by atoms with Crippen LogP contribution in [0, 0.1) is 0 Å². The number of β-lactam (4-membered cyclic amide) rings is 1. The molecule has 4 amide bonds. The van der Waals surface area contributed by atoms with Gasteiger partial charge in [0.2, 0.25) is 12.5 Å². The second-order valence-corrected chi connectivity index (χ2v) is 13.5. The number of likely N-dealkylation sites (tertiary alicyclic amines) is 1. The first-order chi connectivity index (χ1) is 24.5. The third-order valence-corrected chi connectivity index (χ3v) is 10.2. The number of aromatic hydroxyl groups is 1. The van der Waals surface area contributed by atoms with Gasteiger partial charge in [-0.3, -0.25) is 24.1 Å². The quantitative estimate of drug-likeness (QED) is 0.0303. The maximum absolute atomic E-state index is 13.3. The molecule has 5 heterocycles. The van der Waals surface area contributed by atoms with Crippen LogP contribution in [0.2, 0.25) is 0 Å². The van der Waals surface area contributed by atoms with Crippen molar-refractivity contribution in [2.75, 3.05) is 30.5 Å². The average molecular weight is 736 g/mol. The van der Waals surface area contributed by atoms with E-state index in [1.165, 1.54) is 42.5 Å². The fourth-order valence-electron chi connectivity index (χ4n) is 5.78. The largest absolute Gasteiger partial charge is 0.504 e. The number of phenolic OH excluding ortho intramolecular Hbond substituents is 1. The lowest BCUT2D eigenvalue weighted by Gasteiger charge is -2.49. The molecule has 0 radical (unpaired) electrons. The molecule has 17 nitrogen and oxygen atoms in total. The van der Waals surface area contributed by atoms with Crippen molar-refractivity contribution in [3.05, 3.63) is 82.3 Å². The zero-order valence-corrected chi connectivity index (χ0v) is 28.4. The van der Waals surface area contributed by atoms with Crippen LogP contribution in [0.25, 0.3) is 0 Å². The van der Waals surface area contributed by atoms with Crippen LogP contribution >= 0.6 is 23.1 Å². The van der Waals surface area contributed by atoms with Crippen LogP contribution in [0.3, 0.4) is 0 Å². The van der Waals surface area contributed by atoms with E-state index < -0.39 is 34.9 Å². The highest BCUT2D eigenvalue weighted by molar-refractivity contribution is 8.00. The number of pyridine rings is 1. The number of nitrogens with one attached hydrogen (secondary N) is 2. The number of aromatic nitrogens is 2. The van der Waals surface area contributed by atoms with Crippen LogP contribution in [0.1, 0.15) is 17.7 Å². The predicted octanol–water partition coefficient (Wildman–Crippen LogP) is 0.642. The predicted molar refractivity (Wildman–Crippen MR) is 183 cm³/mol. The van der Waals surface area contributed by atoms with Crippen molar-refractivity contribution in [1.82, 2.24) is 20.1 Å². The van der Waals surface area contributed by atoms with E-state index >= 15 is 0 Å². The number of ether oxygens (including phenoxy) is 1. The number of phenols is 1. The highest BCUT2D eigenvalue weighted by Crippen LogP contribution is 2.41. The van der Waals surface area contributed by atoms with Gasteiger partial charge in [-0.1, -0.05) is 5.16 Å². The normalized spacial score (nSPS) is 19.5. The van der Waals surface area contributed by atoms with E-state index in [0.717, 1.165) is 21.8 Å². The molecule has 2 atom stereocenters. The highest BCUT2D eigenvalue weighted by atomic mass is 32.2. The van der Waals surface area contributed by atoms with E-state index in [0.29, 0.717) is 29.8 Å². The number of nitrogens with zero attached hydrogens (tertiary/aromatic N) is 5. The lowest BCUT2D eigenvalue weighted by Crippen LogP contribution is -2.71. The minimum absolute atomic E-state index is 0.0195. The molecule has 0 spiro atoms. The number of oxime groups is 1. The maximum atomic E-state index is 13.3. The summed E-state index contributed by atoms with van der Waals surface area (Å²) in [7, 11) is 1.41. The van der Waals surface area contributed by atoms with Gasteiger partial charge in [-0.15, -0.1) is 23.1 Å². The summed E-state index contributed by atoms with van der Waals surface area (Å²) in [6, 6.07) is 6.99. The molecule has 6 rings (SSSR count). The molecular formula is C32H31N8O9S2+. The van der Waals surface area contributed by atoms with E-state index in [2.05, 4.69) is 20.8 Å². The molecule has 3 aliphatic rings. The van der Waals surface area contributed by atoms with E-state index in [1.807, 2.05) is 0 Å². The molecule has 51 heavy (non-hydrogen) atoms. The fourth-order valence-corrected chi connectivity index (χ4v) is 7.63. The Morgan fingerprint density at radius 1 is 1.22 bits per heavy atom. The number of fused-ring (bicyclic) bond motifs is 1. The third-order valence-electron chi connectivity index (χ3n) is 8.25. The van der Waals surface area contributed by atoms with Gasteiger partial charge >= 0.3 is 5.97 Å². The molecule has 0 unspecified atom stereocenters. The number of carboxylic acids is 1. The standard InChI is InChI=1S/C32H30N8O9S2/c1-49-22-11-19(2-3-21(22)41)34-23(42)13-38-7-4-16(5-8-38)12-39-9-6-17(28(39)44)10-18-14-50-30-25(29(45)40(30)26(18)31(46)47)36-27(43)24(37-48)20-15-51-32(33)35-20/h2-5,7-8,10-11,15,25,30H,6,9,12-14H2,1H3,(H6-,33,34,35,36,37,41,42,43,46,47,48)/p+1/t25-,30-/m1/s1. The first kappa shape index (κ1) is 34.9. The van der Waals surface area contributed by atoms with Gasteiger partial charge < -0.3 is 41.4 Å². The summed E-state index contributed by atoms with van der Waals surface area (Å²) in [6.07, 6.45) is 5.33. The van der Waals surface area contributed by atoms with Crippen molar-refractivity contribution < 1.29 is 48.7 Å². The van der Waals surface area contributed by atoms with Gasteiger partial charge in [-0.2, -0.15) is 4.57 Å². The van der Waals surface area contributed by atoms with Crippen LogP contribution in [-0.2, 0) is 37.1 Å². The number of hydrogen-bond donors (Lipinski definition) is 6. The van der Waals surface area contributed by atoms with Crippen molar-refractivity contribution in [2.24, 2.45) is 5.16 Å². The first-order valence-electron chi connectivity index (χ1n) is 15.3. The summed E-state index contributed by atoms with van der Waals surface area (Å²) in [4.78, 5) is 70.8. The number of hydrogen-bond acceptors (Lipinski definition) is 13. The van der Waals surface area contributed by atoms with Crippen molar-refractivity contribution in [2.45, 2.75) is 30.9 Å². The molecule has 0 saturated carbocycles. The van der Waals surface area contributed by atoms with E-state index in [9.17, 15) is 39.4 Å². The van der Waals surface area contributed by atoms with Crippen LogP contribution in [0.15, 0.2) is 76.2 Å². The first-order valence-corrected chi connectivity index (χ1v) is 17.2. The summed E-state index contributed by atoms with van der Waals surface area (Å²) in [5.74, 6) is -3.10. The molecule has 19 heteroatoms.